The lowest BCUT2D eigenvalue weighted by Gasteiger charge is -2.13. The van der Waals surface area contributed by atoms with Gasteiger partial charge in [-0.15, -0.1) is 0 Å². The van der Waals surface area contributed by atoms with Crippen molar-refractivity contribution in [3.05, 3.63) is 35.7 Å². The highest BCUT2D eigenvalue weighted by Gasteiger charge is 2.34. The van der Waals surface area contributed by atoms with Gasteiger partial charge in [-0.25, -0.2) is 9.59 Å². The molecule has 0 aliphatic heterocycles. The van der Waals surface area contributed by atoms with E-state index in [0.717, 1.165) is 4.57 Å². The lowest BCUT2D eigenvalue weighted by atomic mass is 10.2. The second kappa shape index (κ2) is 9.49. The first kappa shape index (κ1) is 21.6. The molecule has 0 saturated carbocycles. The number of hydrogen-bond acceptors (Lipinski definition) is 8. The predicted molar refractivity (Wildman–Crippen MR) is 101 cm³/mol. The summed E-state index contributed by atoms with van der Waals surface area (Å²) < 4.78 is 21.5. The van der Waals surface area contributed by atoms with Gasteiger partial charge in [-0.2, -0.15) is 0 Å². The summed E-state index contributed by atoms with van der Waals surface area (Å²) in [4.78, 5) is 36.3. The largest absolute Gasteiger partial charge is 0.503 e. The fraction of sp³-hybridized carbons (Fsp3) is 0.316. The molecule has 2 rings (SSSR count). The Morgan fingerprint density at radius 1 is 1.00 bits per heavy atom. The van der Waals surface area contributed by atoms with Crippen LogP contribution in [0.15, 0.2) is 24.3 Å². The monoisotopic (exact) mass is 406 g/mol. The Morgan fingerprint density at radius 2 is 1.55 bits per heavy atom. The van der Waals surface area contributed by atoms with Crippen LogP contribution in [0.4, 0.5) is 0 Å². The van der Waals surface area contributed by atoms with Crippen molar-refractivity contribution in [2.75, 3.05) is 26.9 Å². The van der Waals surface area contributed by atoms with Crippen LogP contribution >= 0.6 is 0 Å². The first-order chi connectivity index (χ1) is 13.8. The van der Waals surface area contributed by atoms with Gasteiger partial charge in [0.05, 0.1) is 20.3 Å². The zero-order valence-electron chi connectivity index (χ0n) is 16.3. The average molecular weight is 406 g/mol. The number of aromatic hydroxyl groups is 1. The minimum absolute atomic E-state index is 0.0252. The molecule has 0 fully saturated rings. The second-order valence-electron chi connectivity index (χ2n) is 5.60. The molecule has 1 aromatic heterocycles. The zero-order chi connectivity index (χ0) is 21.6. The molecule has 0 atom stereocenters. The lowest BCUT2D eigenvalue weighted by Crippen LogP contribution is -2.21. The molecule has 1 amide bonds. The molecular formula is C19H22N2O8. The van der Waals surface area contributed by atoms with Crippen molar-refractivity contribution in [3.8, 4) is 22.9 Å². The minimum atomic E-state index is -0.903. The van der Waals surface area contributed by atoms with E-state index in [1.807, 2.05) is 0 Å². The molecule has 10 nitrogen and oxygen atoms in total. The maximum Gasteiger partial charge on any atom is 0.359 e. The molecule has 156 valence electrons. The number of carbonyl (C=O) groups excluding carboxylic acids is 3. The van der Waals surface area contributed by atoms with Crippen LogP contribution in [-0.4, -0.2) is 54.4 Å². The fourth-order valence-corrected chi connectivity index (χ4v) is 2.58. The highest BCUT2D eigenvalue weighted by atomic mass is 16.5. The Balaban J connectivity index is 2.79. The van der Waals surface area contributed by atoms with E-state index in [1.54, 1.807) is 38.1 Å². The summed E-state index contributed by atoms with van der Waals surface area (Å²) in [5.74, 6) is -3.18. The summed E-state index contributed by atoms with van der Waals surface area (Å²) in [5, 5.41) is 10.6. The van der Waals surface area contributed by atoms with Gasteiger partial charge in [-0.05, 0) is 38.1 Å². The summed E-state index contributed by atoms with van der Waals surface area (Å²) in [6, 6.07) is 6.31. The Kier molecular flexibility index (Phi) is 7.07. The van der Waals surface area contributed by atoms with Crippen molar-refractivity contribution in [3.63, 3.8) is 0 Å². The van der Waals surface area contributed by atoms with E-state index in [4.69, 9.17) is 24.7 Å². The van der Waals surface area contributed by atoms with E-state index in [1.165, 1.54) is 7.11 Å². The molecular weight excluding hydrogens is 384 g/mol. The summed E-state index contributed by atoms with van der Waals surface area (Å²) in [7, 11) is 1.49. The minimum Gasteiger partial charge on any atom is -0.503 e. The van der Waals surface area contributed by atoms with Crippen molar-refractivity contribution < 1.29 is 38.4 Å². The smallest absolute Gasteiger partial charge is 0.359 e. The maximum atomic E-state index is 12.6. The number of nitrogens with zero attached hydrogens (tertiary/aromatic N) is 1. The molecule has 0 saturated heterocycles. The van der Waals surface area contributed by atoms with Crippen LogP contribution in [0.5, 0.6) is 17.2 Å². The van der Waals surface area contributed by atoms with Gasteiger partial charge in [0.1, 0.15) is 5.75 Å². The Morgan fingerprint density at radius 3 is 2.03 bits per heavy atom. The number of amides is 1. The summed E-state index contributed by atoms with van der Waals surface area (Å²) in [6.45, 7) is 2.60. The topological polar surface area (TPSA) is 139 Å². The number of carbonyl (C=O) groups is 3. The fourth-order valence-electron chi connectivity index (χ4n) is 2.58. The number of esters is 2. The van der Waals surface area contributed by atoms with E-state index < -0.39 is 36.0 Å². The third kappa shape index (κ3) is 4.60. The quantitative estimate of drug-likeness (QED) is 0.596. The standard InChI is InChI=1S/C19H22N2O8/c1-4-27-18(24)14-16(23)17(29-10-13(20)22)15(19(25)28-5-2)21(14)11-6-8-12(26-3)9-7-11/h6-9,23H,4-5,10H2,1-3H3,(H2,20,22). The second-order valence-corrected chi connectivity index (χ2v) is 5.60. The van der Waals surface area contributed by atoms with Crippen LogP contribution in [-0.2, 0) is 14.3 Å². The molecule has 1 heterocycles. The molecule has 0 aliphatic rings. The maximum absolute atomic E-state index is 12.6. The molecule has 1 aromatic carbocycles. The van der Waals surface area contributed by atoms with Crippen molar-refractivity contribution in [1.82, 2.24) is 4.57 Å². The van der Waals surface area contributed by atoms with Gasteiger partial charge in [0.15, 0.2) is 29.5 Å². The molecule has 0 unspecified atom stereocenters. The van der Waals surface area contributed by atoms with E-state index >= 15 is 0 Å². The number of methoxy groups -OCH3 is 1. The number of rotatable bonds is 9. The first-order valence-electron chi connectivity index (χ1n) is 8.73. The average Bonchev–Trinajstić information content (AvgIpc) is 2.99. The van der Waals surface area contributed by atoms with Crippen molar-refractivity contribution in [2.24, 2.45) is 5.73 Å². The SMILES string of the molecule is CCOC(=O)c1c(O)c(OCC(N)=O)c(C(=O)OCC)n1-c1ccc(OC)cc1. The van der Waals surface area contributed by atoms with E-state index in [-0.39, 0.29) is 24.6 Å². The molecule has 0 spiro atoms. The lowest BCUT2D eigenvalue weighted by molar-refractivity contribution is -0.120. The van der Waals surface area contributed by atoms with Crippen LogP contribution in [0.3, 0.4) is 0 Å². The van der Waals surface area contributed by atoms with E-state index in [9.17, 15) is 19.5 Å². The normalized spacial score (nSPS) is 10.3. The Bertz CT molecular complexity index is 902. The van der Waals surface area contributed by atoms with Gasteiger partial charge in [-0.1, -0.05) is 0 Å². The van der Waals surface area contributed by atoms with Gasteiger partial charge in [0.25, 0.3) is 5.91 Å². The molecule has 29 heavy (non-hydrogen) atoms. The van der Waals surface area contributed by atoms with Crippen molar-refractivity contribution >= 4 is 17.8 Å². The molecule has 0 radical (unpaired) electrons. The third-order valence-electron chi connectivity index (χ3n) is 3.73. The first-order valence-corrected chi connectivity index (χ1v) is 8.73. The summed E-state index contributed by atoms with van der Waals surface area (Å²) in [6.07, 6.45) is 0. The number of primary amides is 1. The molecule has 10 heteroatoms. The highest BCUT2D eigenvalue weighted by Crippen LogP contribution is 2.40. The van der Waals surface area contributed by atoms with E-state index in [2.05, 4.69) is 0 Å². The number of nitrogens with two attached hydrogens (primary N) is 1. The van der Waals surface area contributed by atoms with Crippen LogP contribution in [0.25, 0.3) is 5.69 Å². The van der Waals surface area contributed by atoms with E-state index in [0.29, 0.717) is 11.4 Å². The predicted octanol–water partition coefficient (Wildman–Crippen LogP) is 1.41. The molecule has 2 aromatic rings. The zero-order valence-corrected chi connectivity index (χ0v) is 16.3. The number of ether oxygens (including phenoxy) is 4. The third-order valence-corrected chi connectivity index (χ3v) is 3.73. The Hall–Kier alpha value is -3.69. The van der Waals surface area contributed by atoms with Crippen LogP contribution in [0, 0.1) is 0 Å². The molecule has 0 bridgehead atoms. The van der Waals surface area contributed by atoms with Gasteiger partial charge >= 0.3 is 11.9 Å². The highest BCUT2D eigenvalue weighted by molar-refractivity contribution is 6.00. The summed E-state index contributed by atoms with van der Waals surface area (Å²) >= 11 is 0. The van der Waals surface area contributed by atoms with Crippen molar-refractivity contribution in [2.45, 2.75) is 13.8 Å². The van der Waals surface area contributed by atoms with Gasteiger partial charge in [-0.3, -0.25) is 9.36 Å². The summed E-state index contributed by atoms with van der Waals surface area (Å²) in [5.41, 5.74) is 4.76. The van der Waals surface area contributed by atoms with Crippen LogP contribution in [0.1, 0.15) is 34.8 Å². The molecule has 0 aliphatic carbocycles. The number of hydrogen-bond donors (Lipinski definition) is 2. The van der Waals surface area contributed by atoms with Gasteiger partial charge in [0, 0.05) is 5.69 Å². The molecule has 3 N–H and O–H groups in total. The van der Waals surface area contributed by atoms with Crippen LogP contribution < -0.4 is 15.2 Å². The van der Waals surface area contributed by atoms with Gasteiger partial charge in [0.2, 0.25) is 0 Å². The van der Waals surface area contributed by atoms with Gasteiger partial charge < -0.3 is 29.8 Å². The number of benzene rings is 1. The number of aromatic nitrogens is 1. The van der Waals surface area contributed by atoms with Crippen LogP contribution in [0.2, 0.25) is 0 Å². The Labute approximate surface area is 166 Å². The van der Waals surface area contributed by atoms with Crippen molar-refractivity contribution in [1.29, 1.82) is 0 Å².